The van der Waals surface area contributed by atoms with Crippen LogP contribution in [-0.2, 0) is 0 Å². The number of nitrogens with zero attached hydrogens (tertiary/aromatic N) is 1. The highest BCUT2D eigenvalue weighted by molar-refractivity contribution is 5.41. The topological polar surface area (TPSA) is 61.6 Å². The Morgan fingerprint density at radius 3 is 2.87 bits per heavy atom. The highest BCUT2D eigenvalue weighted by Gasteiger charge is 2.18. The maximum atomic E-state index is 10.1. The molecule has 0 aromatic heterocycles. The molecule has 0 spiro atoms. The SMILES string of the molecule is O=[N+]([O-])/C=C/C1COc2ccccc2O1. The Morgan fingerprint density at radius 1 is 1.40 bits per heavy atom. The molecular formula is C10H9NO4. The smallest absolute Gasteiger partial charge is 0.234 e. The number of nitro groups is 1. The molecule has 1 aliphatic heterocycles. The van der Waals surface area contributed by atoms with Gasteiger partial charge in [0.2, 0.25) is 6.20 Å². The van der Waals surface area contributed by atoms with Crippen molar-refractivity contribution in [3.63, 3.8) is 0 Å². The van der Waals surface area contributed by atoms with Gasteiger partial charge >= 0.3 is 0 Å². The van der Waals surface area contributed by atoms with E-state index in [1.165, 1.54) is 6.08 Å². The Balaban J connectivity index is 2.09. The standard InChI is InChI=1S/C10H9NO4/c12-11(13)6-5-8-7-14-9-3-1-2-4-10(9)15-8/h1-6,8H,7H2/b6-5+. The van der Waals surface area contributed by atoms with Gasteiger partial charge in [0, 0.05) is 6.08 Å². The van der Waals surface area contributed by atoms with Crippen molar-refractivity contribution in [3.8, 4) is 11.5 Å². The first kappa shape index (κ1) is 9.51. The summed E-state index contributed by atoms with van der Waals surface area (Å²) in [7, 11) is 0. The molecule has 5 heteroatoms. The van der Waals surface area contributed by atoms with E-state index in [2.05, 4.69) is 0 Å². The van der Waals surface area contributed by atoms with Crippen molar-refractivity contribution in [2.75, 3.05) is 6.61 Å². The Hall–Kier alpha value is -2.04. The molecule has 1 aliphatic rings. The van der Waals surface area contributed by atoms with Crippen molar-refractivity contribution >= 4 is 0 Å². The summed E-state index contributed by atoms with van der Waals surface area (Å²) in [4.78, 5) is 9.59. The molecule has 0 fully saturated rings. The fourth-order valence-corrected chi connectivity index (χ4v) is 1.30. The number of benzene rings is 1. The molecule has 15 heavy (non-hydrogen) atoms. The van der Waals surface area contributed by atoms with Gasteiger partial charge in [0.15, 0.2) is 17.6 Å². The van der Waals surface area contributed by atoms with Crippen LogP contribution in [0.3, 0.4) is 0 Å². The molecule has 78 valence electrons. The molecule has 0 amide bonds. The van der Waals surface area contributed by atoms with Gasteiger partial charge < -0.3 is 9.47 Å². The van der Waals surface area contributed by atoms with Gasteiger partial charge in [-0.15, -0.1) is 0 Å². The first-order chi connectivity index (χ1) is 7.25. The average molecular weight is 207 g/mol. The van der Waals surface area contributed by atoms with E-state index in [-0.39, 0.29) is 0 Å². The summed E-state index contributed by atoms with van der Waals surface area (Å²) in [5.41, 5.74) is 0. The van der Waals surface area contributed by atoms with E-state index in [9.17, 15) is 10.1 Å². The summed E-state index contributed by atoms with van der Waals surface area (Å²) < 4.78 is 10.8. The molecule has 0 radical (unpaired) electrons. The van der Waals surface area contributed by atoms with Crippen molar-refractivity contribution in [3.05, 3.63) is 46.7 Å². The second-order valence-corrected chi connectivity index (χ2v) is 3.04. The summed E-state index contributed by atoms with van der Waals surface area (Å²) in [6.45, 7) is 0.293. The van der Waals surface area contributed by atoms with Gasteiger partial charge in [0.05, 0.1) is 4.92 Å². The lowest BCUT2D eigenvalue weighted by atomic mass is 10.2. The van der Waals surface area contributed by atoms with Crippen molar-refractivity contribution in [1.29, 1.82) is 0 Å². The third-order valence-electron chi connectivity index (χ3n) is 1.95. The number of para-hydroxylation sites is 2. The lowest BCUT2D eigenvalue weighted by Crippen LogP contribution is -2.27. The van der Waals surface area contributed by atoms with E-state index in [1.54, 1.807) is 12.1 Å². The third-order valence-corrected chi connectivity index (χ3v) is 1.95. The number of hydrogen-bond acceptors (Lipinski definition) is 4. The minimum Gasteiger partial charge on any atom is -0.485 e. The lowest BCUT2D eigenvalue weighted by molar-refractivity contribution is -0.402. The highest BCUT2D eigenvalue weighted by atomic mass is 16.6. The van der Waals surface area contributed by atoms with Crippen LogP contribution in [0.2, 0.25) is 0 Å². The van der Waals surface area contributed by atoms with E-state index in [0.29, 0.717) is 18.1 Å². The predicted octanol–water partition coefficient (Wildman–Crippen LogP) is 1.62. The van der Waals surface area contributed by atoms with Crippen molar-refractivity contribution in [1.82, 2.24) is 0 Å². The fourth-order valence-electron chi connectivity index (χ4n) is 1.30. The zero-order valence-corrected chi connectivity index (χ0v) is 7.83. The van der Waals surface area contributed by atoms with Crippen LogP contribution in [0.5, 0.6) is 11.5 Å². The maximum Gasteiger partial charge on any atom is 0.234 e. The number of fused-ring (bicyclic) bond motifs is 1. The van der Waals surface area contributed by atoms with Crippen LogP contribution >= 0.6 is 0 Å². The van der Waals surface area contributed by atoms with Crippen LogP contribution in [0, 0.1) is 10.1 Å². The van der Waals surface area contributed by atoms with Gasteiger partial charge in [0.1, 0.15) is 6.61 Å². The second-order valence-electron chi connectivity index (χ2n) is 3.04. The summed E-state index contributed by atoms with van der Waals surface area (Å²) in [6, 6.07) is 7.22. The van der Waals surface area contributed by atoms with E-state index < -0.39 is 11.0 Å². The number of rotatable bonds is 2. The van der Waals surface area contributed by atoms with Crippen LogP contribution in [0.1, 0.15) is 0 Å². The molecule has 5 nitrogen and oxygen atoms in total. The van der Waals surface area contributed by atoms with E-state index in [0.717, 1.165) is 6.20 Å². The van der Waals surface area contributed by atoms with Crippen LogP contribution in [0.15, 0.2) is 36.5 Å². The first-order valence-corrected chi connectivity index (χ1v) is 4.46. The van der Waals surface area contributed by atoms with Crippen molar-refractivity contribution in [2.45, 2.75) is 6.10 Å². The summed E-state index contributed by atoms with van der Waals surface area (Å²) in [5.74, 6) is 1.28. The molecule has 1 heterocycles. The quantitative estimate of drug-likeness (QED) is 0.546. The first-order valence-electron chi connectivity index (χ1n) is 4.46. The van der Waals surface area contributed by atoms with Crippen LogP contribution < -0.4 is 9.47 Å². The molecular weight excluding hydrogens is 198 g/mol. The summed E-state index contributed by atoms with van der Waals surface area (Å²) in [6.07, 6.45) is 1.84. The Bertz CT molecular complexity index is 402. The molecule has 1 unspecified atom stereocenters. The zero-order valence-electron chi connectivity index (χ0n) is 7.83. The van der Waals surface area contributed by atoms with E-state index in [1.807, 2.05) is 12.1 Å². The Labute approximate surface area is 86.1 Å². The molecule has 1 aromatic rings. The average Bonchev–Trinajstić information content (AvgIpc) is 2.26. The minimum absolute atomic E-state index is 0.293. The van der Waals surface area contributed by atoms with Gasteiger partial charge in [-0.3, -0.25) is 10.1 Å². The minimum atomic E-state index is -0.524. The lowest BCUT2D eigenvalue weighted by Gasteiger charge is -2.23. The summed E-state index contributed by atoms with van der Waals surface area (Å²) >= 11 is 0. The largest absolute Gasteiger partial charge is 0.485 e. The third kappa shape index (κ3) is 2.25. The Morgan fingerprint density at radius 2 is 2.13 bits per heavy atom. The van der Waals surface area contributed by atoms with E-state index >= 15 is 0 Å². The molecule has 1 atom stereocenters. The van der Waals surface area contributed by atoms with Gasteiger partial charge in [-0.2, -0.15) is 0 Å². The van der Waals surface area contributed by atoms with Crippen molar-refractivity contribution < 1.29 is 14.4 Å². The molecule has 2 rings (SSSR count). The number of ether oxygens (including phenoxy) is 2. The highest BCUT2D eigenvalue weighted by Crippen LogP contribution is 2.30. The van der Waals surface area contributed by atoms with Gasteiger partial charge in [0.25, 0.3) is 0 Å². The van der Waals surface area contributed by atoms with Crippen molar-refractivity contribution in [2.24, 2.45) is 0 Å². The van der Waals surface area contributed by atoms with Crippen LogP contribution in [0.25, 0.3) is 0 Å². The zero-order chi connectivity index (χ0) is 10.7. The summed E-state index contributed by atoms with van der Waals surface area (Å²) in [5, 5.41) is 10.1. The molecule has 0 saturated carbocycles. The van der Waals surface area contributed by atoms with Crippen LogP contribution in [0.4, 0.5) is 0 Å². The molecule has 0 N–H and O–H groups in total. The van der Waals surface area contributed by atoms with Gasteiger partial charge in [-0.25, -0.2) is 0 Å². The van der Waals surface area contributed by atoms with Gasteiger partial charge in [-0.05, 0) is 12.1 Å². The second kappa shape index (κ2) is 4.00. The van der Waals surface area contributed by atoms with Crippen LogP contribution in [-0.4, -0.2) is 17.6 Å². The molecule has 0 aliphatic carbocycles. The molecule has 0 bridgehead atoms. The van der Waals surface area contributed by atoms with Gasteiger partial charge in [-0.1, -0.05) is 12.1 Å². The monoisotopic (exact) mass is 207 g/mol. The molecule has 0 saturated heterocycles. The normalized spacial score (nSPS) is 19.1. The Kier molecular flexibility index (Phi) is 2.53. The molecule has 1 aromatic carbocycles. The fraction of sp³-hybridized carbons (Fsp3) is 0.200. The number of hydrogen-bond donors (Lipinski definition) is 0. The predicted molar refractivity (Wildman–Crippen MR) is 52.5 cm³/mol. The maximum absolute atomic E-state index is 10.1. The van der Waals surface area contributed by atoms with E-state index in [4.69, 9.17) is 9.47 Å².